The summed E-state index contributed by atoms with van der Waals surface area (Å²) in [5.41, 5.74) is 0. The third-order valence-electron chi connectivity index (χ3n) is 3.82. The highest BCUT2D eigenvalue weighted by Crippen LogP contribution is 2.17. The Morgan fingerprint density at radius 3 is 2.50 bits per heavy atom. The molecule has 1 amide bonds. The Bertz CT molecular complexity index is 422. The van der Waals surface area contributed by atoms with Gasteiger partial charge in [-0.05, 0) is 26.7 Å². The number of hydrogen-bond acceptors (Lipinski definition) is 5. The molecule has 1 N–H and O–H groups in total. The van der Waals surface area contributed by atoms with Crippen molar-refractivity contribution in [1.82, 2.24) is 9.80 Å². The number of nitrogens with zero attached hydrogens (tertiary/aromatic N) is 2. The van der Waals surface area contributed by atoms with Crippen LogP contribution in [0.25, 0.3) is 0 Å². The van der Waals surface area contributed by atoms with Gasteiger partial charge in [-0.1, -0.05) is 0 Å². The molecule has 1 fully saturated rings. The topological polar surface area (TPSA) is 77.9 Å². The average Bonchev–Trinajstić information content (AvgIpc) is 2.73. The summed E-state index contributed by atoms with van der Waals surface area (Å²) < 4.78 is 22.9. The summed E-state index contributed by atoms with van der Waals surface area (Å²) >= 11 is 0. The standard InChI is InChI=1S/C13H26N2O4S/c1-11(2)15(6-4-7-16)9-13(17)14(3)12-5-8-20(18,19)10-12/h11-12,16H,4-10H2,1-3H3. The second-order valence-electron chi connectivity index (χ2n) is 5.70. The van der Waals surface area contributed by atoms with E-state index in [0.717, 1.165) is 0 Å². The van der Waals surface area contributed by atoms with E-state index in [1.807, 2.05) is 18.7 Å². The molecule has 0 radical (unpaired) electrons. The Kier molecular flexibility index (Phi) is 6.42. The first kappa shape index (κ1) is 17.4. The van der Waals surface area contributed by atoms with Gasteiger partial charge in [0.15, 0.2) is 9.84 Å². The van der Waals surface area contributed by atoms with E-state index < -0.39 is 9.84 Å². The van der Waals surface area contributed by atoms with E-state index in [0.29, 0.717) is 19.4 Å². The highest BCUT2D eigenvalue weighted by molar-refractivity contribution is 7.91. The number of sulfone groups is 1. The average molecular weight is 306 g/mol. The fourth-order valence-corrected chi connectivity index (χ4v) is 4.14. The van der Waals surface area contributed by atoms with Crippen LogP contribution in [0.3, 0.4) is 0 Å². The van der Waals surface area contributed by atoms with Crippen LogP contribution in [0, 0.1) is 0 Å². The molecule has 1 rings (SSSR count). The van der Waals surface area contributed by atoms with Gasteiger partial charge in [-0.3, -0.25) is 9.69 Å². The van der Waals surface area contributed by atoms with Gasteiger partial charge >= 0.3 is 0 Å². The van der Waals surface area contributed by atoms with E-state index >= 15 is 0 Å². The number of likely N-dealkylation sites (N-methyl/N-ethyl adjacent to an activating group) is 1. The van der Waals surface area contributed by atoms with E-state index in [-0.39, 0.29) is 42.6 Å². The fourth-order valence-electron chi connectivity index (χ4n) is 2.36. The lowest BCUT2D eigenvalue weighted by Gasteiger charge is -2.30. The summed E-state index contributed by atoms with van der Waals surface area (Å²) in [4.78, 5) is 15.8. The number of rotatable bonds is 7. The number of carbonyl (C=O) groups is 1. The molecular weight excluding hydrogens is 280 g/mol. The maximum atomic E-state index is 12.2. The second-order valence-corrected chi connectivity index (χ2v) is 7.93. The molecule has 1 aliphatic heterocycles. The Balaban J connectivity index is 2.55. The SMILES string of the molecule is CC(C)N(CCCO)CC(=O)N(C)C1CCS(=O)(=O)C1. The van der Waals surface area contributed by atoms with Gasteiger partial charge in [-0.15, -0.1) is 0 Å². The monoisotopic (exact) mass is 306 g/mol. The lowest BCUT2D eigenvalue weighted by molar-refractivity contribution is -0.133. The van der Waals surface area contributed by atoms with Crippen molar-refractivity contribution in [2.75, 3.05) is 38.2 Å². The summed E-state index contributed by atoms with van der Waals surface area (Å²) in [6, 6.07) is 0.0190. The maximum absolute atomic E-state index is 12.2. The van der Waals surface area contributed by atoms with Crippen LogP contribution in [0.15, 0.2) is 0 Å². The molecule has 20 heavy (non-hydrogen) atoms. The predicted molar refractivity (Wildman–Crippen MR) is 78.2 cm³/mol. The van der Waals surface area contributed by atoms with Crippen LogP contribution in [0.2, 0.25) is 0 Å². The lowest BCUT2D eigenvalue weighted by atomic mass is 10.2. The van der Waals surface area contributed by atoms with Gasteiger partial charge in [0.2, 0.25) is 5.91 Å². The van der Waals surface area contributed by atoms with E-state index in [4.69, 9.17) is 5.11 Å². The number of hydrogen-bond donors (Lipinski definition) is 1. The predicted octanol–water partition coefficient (Wildman–Crippen LogP) is -0.275. The number of amides is 1. The van der Waals surface area contributed by atoms with Crippen molar-refractivity contribution in [2.45, 2.75) is 38.8 Å². The van der Waals surface area contributed by atoms with E-state index in [2.05, 4.69) is 0 Å². The zero-order valence-corrected chi connectivity index (χ0v) is 13.4. The van der Waals surface area contributed by atoms with Crippen LogP contribution in [0.5, 0.6) is 0 Å². The van der Waals surface area contributed by atoms with Gasteiger partial charge < -0.3 is 10.0 Å². The summed E-state index contributed by atoms with van der Waals surface area (Å²) in [6.45, 7) is 5.05. The van der Waals surface area contributed by atoms with Crippen molar-refractivity contribution in [2.24, 2.45) is 0 Å². The van der Waals surface area contributed by atoms with Crippen molar-refractivity contribution in [3.63, 3.8) is 0 Å². The molecular formula is C13H26N2O4S. The first-order valence-corrected chi connectivity index (χ1v) is 8.90. The summed E-state index contributed by atoms with van der Waals surface area (Å²) in [5.74, 6) is 0.195. The van der Waals surface area contributed by atoms with Crippen molar-refractivity contribution in [3.05, 3.63) is 0 Å². The van der Waals surface area contributed by atoms with E-state index in [1.54, 1.807) is 11.9 Å². The quantitative estimate of drug-likeness (QED) is 0.700. The lowest BCUT2D eigenvalue weighted by Crippen LogP contribution is -2.46. The molecule has 1 unspecified atom stereocenters. The largest absolute Gasteiger partial charge is 0.396 e. The van der Waals surface area contributed by atoms with Gasteiger partial charge in [-0.25, -0.2) is 8.42 Å². The smallest absolute Gasteiger partial charge is 0.236 e. The molecule has 1 aliphatic rings. The van der Waals surface area contributed by atoms with Crippen molar-refractivity contribution in [1.29, 1.82) is 0 Å². The van der Waals surface area contributed by atoms with Gasteiger partial charge in [0.05, 0.1) is 18.1 Å². The molecule has 0 spiro atoms. The van der Waals surface area contributed by atoms with Gasteiger partial charge in [-0.2, -0.15) is 0 Å². The number of aliphatic hydroxyl groups is 1. The van der Waals surface area contributed by atoms with Crippen LogP contribution >= 0.6 is 0 Å². The van der Waals surface area contributed by atoms with Crippen LogP contribution < -0.4 is 0 Å². The van der Waals surface area contributed by atoms with Gasteiger partial charge in [0.25, 0.3) is 0 Å². The highest BCUT2D eigenvalue weighted by atomic mass is 32.2. The van der Waals surface area contributed by atoms with Gasteiger partial charge in [0, 0.05) is 32.3 Å². The van der Waals surface area contributed by atoms with Crippen molar-refractivity contribution >= 4 is 15.7 Å². The van der Waals surface area contributed by atoms with E-state index in [1.165, 1.54) is 0 Å². The Labute approximate surface area is 121 Å². The molecule has 0 aromatic carbocycles. The highest BCUT2D eigenvalue weighted by Gasteiger charge is 2.33. The first-order valence-electron chi connectivity index (χ1n) is 7.08. The van der Waals surface area contributed by atoms with Crippen molar-refractivity contribution < 1.29 is 18.3 Å². The maximum Gasteiger partial charge on any atom is 0.236 e. The fraction of sp³-hybridized carbons (Fsp3) is 0.923. The van der Waals surface area contributed by atoms with Crippen LogP contribution in [-0.2, 0) is 14.6 Å². The molecule has 1 saturated heterocycles. The van der Waals surface area contributed by atoms with Gasteiger partial charge in [0.1, 0.15) is 0 Å². The Morgan fingerprint density at radius 2 is 2.05 bits per heavy atom. The summed E-state index contributed by atoms with van der Waals surface area (Å²) in [6.07, 6.45) is 1.16. The third kappa shape index (κ3) is 5.03. The number of carbonyl (C=O) groups excluding carboxylic acids is 1. The van der Waals surface area contributed by atoms with Crippen LogP contribution in [-0.4, -0.2) is 79.6 Å². The Hall–Kier alpha value is -0.660. The second kappa shape index (κ2) is 7.38. The minimum atomic E-state index is -2.97. The third-order valence-corrected chi connectivity index (χ3v) is 5.57. The summed E-state index contributed by atoms with van der Waals surface area (Å²) in [5, 5.41) is 8.88. The molecule has 0 aliphatic carbocycles. The molecule has 0 aromatic heterocycles. The Morgan fingerprint density at radius 1 is 1.40 bits per heavy atom. The zero-order valence-electron chi connectivity index (χ0n) is 12.6. The van der Waals surface area contributed by atoms with E-state index in [9.17, 15) is 13.2 Å². The molecule has 7 heteroatoms. The number of aliphatic hydroxyl groups excluding tert-OH is 1. The minimum absolute atomic E-state index is 0.0567. The molecule has 0 saturated carbocycles. The molecule has 1 heterocycles. The first-order chi connectivity index (χ1) is 9.26. The van der Waals surface area contributed by atoms with Crippen molar-refractivity contribution in [3.8, 4) is 0 Å². The molecule has 1 atom stereocenters. The van der Waals surface area contributed by atoms with Crippen LogP contribution in [0.1, 0.15) is 26.7 Å². The zero-order chi connectivity index (χ0) is 15.3. The summed E-state index contributed by atoms with van der Waals surface area (Å²) in [7, 11) is -1.29. The minimum Gasteiger partial charge on any atom is -0.396 e. The molecule has 6 nitrogen and oxygen atoms in total. The van der Waals surface area contributed by atoms with Crippen LogP contribution in [0.4, 0.5) is 0 Å². The normalized spacial score (nSPS) is 21.6. The molecule has 0 aromatic rings. The molecule has 0 bridgehead atoms. The molecule has 118 valence electrons.